The van der Waals surface area contributed by atoms with Gasteiger partial charge in [0.15, 0.2) is 0 Å². The number of carboxylic acids is 1. The number of furan rings is 4. The zero-order chi connectivity index (χ0) is 30.4. The topological polar surface area (TPSA) is 127 Å². The number of carboxylic acid groups (broad SMARTS) is 1. The van der Waals surface area contributed by atoms with E-state index < -0.39 is 5.97 Å². The highest BCUT2D eigenvalue weighted by atomic mass is 16.5. The normalized spacial score (nSPS) is 9.46. The second-order valence-electron chi connectivity index (χ2n) is 7.41. The van der Waals surface area contributed by atoms with Crippen LogP contribution in [0.15, 0.2) is 104 Å². The van der Waals surface area contributed by atoms with E-state index in [1.54, 1.807) is 25.1 Å². The maximum absolute atomic E-state index is 9.25. The molecule has 10 heteroatoms. The second kappa shape index (κ2) is 27.7. The van der Waals surface area contributed by atoms with Gasteiger partial charge in [-0.25, -0.2) is 4.79 Å². The van der Waals surface area contributed by atoms with Crippen LogP contribution in [0.1, 0.15) is 50.7 Å². The van der Waals surface area contributed by atoms with Crippen molar-refractivity contribution in [2.45, 2.75) is 54.1 Å². The van der Waals surface area contributed by atoms with Crippen molar-refractivity contribution >= 4 is 5.97 Å². The van der Waals surface area contributed by atoms with Crippen LogP contribution in [0.2, 0.25) is 0 Å². The molecule has 4 aromatic heterocycles. The summed E-state index contributed by atoms with van der Waals surface area (Å²) in [6.07, 6.45) is 7.42. The standard InChI is InChI=1S/4C7H10O2.C3H4O2/c4*1-2-8-6-7-4-3-5-9-7;1-2-3(4)5/h4*3-5H,2,6H2,1H3;2H,1H2,(H,4,5). The van der Waals surface area contributed by atoms with Gasteiger partial charge in [0.1, 0.15) is 49.5 Å². The molecule has 0 radical (unpaired) electrons. The predicted octanol–water partition coefficient (Wildman–Crippen LogP) is 7.52. The van der Waals surface area contributed by atoms with E-state index in [-0.39, 0.29) is 0 Å². The van der Waals surface area contributed by atoms with Gasteiger partial charge >= 0.3 is 5.97 Å². The molecule has 0 aromatic carbocycles. The minimum absolute atomic E-state index is 0.587. The van der Waals surface area contributed by atoms with E-state index in [1.807, 2.05) is 76.2 Å². The van der Waals surface area contributed by atoms with Crippen molar-refractivity contribution in [2.75, 3.05) is 26.4 Å². The minimum Gasteiger partial charge on any atom is -0.478 e. The zero-order valence-corrected chi connectivity index (χ0v) is 24.5. The van der Waals surface area contributed by atoms with Crippen molar-refractivity contribution in [2.24, 2.45) is 0 Å². The first-order valence-corrected chi connectivity index (χ1v) is 13.3. The Hall–Kier alpha value is -3.83. The third-order valence-corrected chi connectivity index (χ3v) is 4.29. The highest BCUT2D eigenvalue weighted by Gasteiger charge is 1.93. The van der Waals surface area contributed by atoms with Crippen molar-refractivity contribution in [3.05, 3.63) is 109 Å². The molecule has 0 aliphatic carbocycles. The van der Waals surface area contributed by atoms with Gasteiger partial charge in [0.05, 0.1) is 25.1 Å². The van der Waals surface area contributed by atoms with Crippen LogP contribution in [0, 0.1) is 0 Å². The van der Waals surface area contributed by atoms with Gasteiger partial charge in [0, 0.05) is 32.5 Å². The van der Waals surface area contributed by atoms with E-state index in [0.29, 0.717) is 26.4 Å². The van der Waals surface area contributed by atoms with Crippen LogP contribution in [-0.2, 0) is 50.2 Å². The van der Waals surface area contributed by atoms with Crippen molar-refractivity contribution in [3.8, 4) is 0 Å². The summed E-state index contributed by atoms with van der Waals surface area (Å²) < 4.78 is 40.4. The smallest absolute Gasteiger partial charge is 0.327 e. The largest absolute Gasteiger partial charge is 0.478 e. The van der Waals surface area contributed by atoms with Crippen molar-refractivity contribution in [3.63, 3.8) is 0 Å². The van der Waals surface area contributed by atoms with Gasteiger partial charge < -0.3 is 41.7 Å². The Morgan fingerprint density at radius 1 is 0.610 bits per heavy atom. The number of hydrogen-bond donors (Lipinski definition) is 1. The Bertz CT molecular complexity index is 868. The Labute approximate surface area is 242 Å². The molecule has 0 aliphatic rings. The van der Waals surface area contributed by atoms with Crippen molar-refractivity contribution < 1.29 is 46.5 Å². The summed E-state index contributed by atoms with van der Waals surface area (Å²) in [4.78, 5) is 9.25. The van der Waals surface area contributed by atoms with E-state index in [2.05, 4.69) is 6.58 Å². The molecule has 0 bridgehead atoms. The molecule has 0 unspecified atom stereocenters. The van der Waals surface area contributed by atoms with Crippen molar-refractivity contribution in [1.29, 1.82) is 0 Å². The summed E-state index contributed by atoms with van der Waals surface area (Å²) in [6, 6.07) is 15.0. The highest BCUT2D eigenvalue weighted by Crippen LogP contribution is 2.02. The first kappa shape index (κ1) is 37.2. The maximum Gasteiger partial charge on any atom is 0.327 e. The molecule has 4 aromatic rings. The van der Waals surface area contributed by atoms with Gasteiger partial charge in [-0.3, -0.25) is 0 Å². The lowest BCUT2D eigenvalue weighted by Gasteiger charge is -1.93. The van der Waals surface area contributed by atoms with Crippen LogP contribution >= 0.6 is 0 Å². The molecule has 228 valence electrons. The summed E-state index contributed by atoms with van der Waals surface area (Å²) in [5.41, 5.74) is 0. The Kier molecular flexibility index (Phi) is 25.1. The summed E-state index contributed by atoms with van der Waals surface area (Å²) in [7, 11) is 0. The number of aliphatic carboxylic acids is 1. The number of ether oxygens (including phenoxy) is 4. The molecule has 4 heterocycles. The molecule has 0 saturated carbocycles. The molecule has 0 amide bonds. The Balaban J connectivity index is 0.000000494. The van der Waals surface area contributed by atoms with Gasteiger partial charge in [0.2, 0.25) is 0 Å². The first-order chi connectivity index (χ1) is 20.0. The molecule has 41 heavy (non-hydrogen) atoms. The van der Waals surface area contributed by atoms with Crippen LogP contribution in [-0.4, -0.2) is 37.5 Å². The summed E-state index contributed by atoms with van der Waals surface area (Å²) in [5, 5.41) is 7.60. The van der Waals surface area contributed by atoms with Gasteiger partial charge in [-0.05, 0) is 76.2 Å². The molecule has 0 spiro atoms. The van der Waals surface area contributed by atoms with Crippen LogP contribution in [0.3, 0.4) is 0 Å². The zero-order valence-electron chi connectivity index (χ0n) is 24.5. The molecule has 0 atom stereocenters. The summed E-state index contributed by atoms with van der Waals surface area (Å²) >= 11 is 0. The molecule has 0 fully saturated rings. The quantitative estimate of drug-likeness (QED) is 0.160. The summed E-state index contributed by atoms with van der Waals surface area (Å²) in [5.74, 6) is 2.56. The monoisotopic (exact) mass is 576 g/mol. The molecule has 4 rings (SSSR count). The van der Waals surface area contributed by atoms with Gasteiger partial charge in [-0.2, -0.15) is 0 Å². The molecular formula is C31H44O10. The van der Waals surface area contributed by atoms with Crippen LogP contribution < -0.4 is 0 Å². The number of hydrogen-bond acceptors (Lipinski definition) is 9. The first-order valence-electron chi connectivity index (χ1n) is 13.3. The Morgan fingerprint density at radius 3 is 0.951 bits per heavy atom. The third kappa shape index (κ3) is 23.7. The number of rotatable bonds is 13. The predicted molar refractivity (Wildman–Crippen MR) is 154 cm³/mol. The average Bonchev–Trinajstić information content (AvgIpc) is 3.83. The molecule has 0 saturated heterocycles. The fourth-order valence-corrected chi connectivity index (χ4v) is 2.39. The van der Waals surface area contributed by atoms with E-state index in [4.69, 9.17) is 41.7 Å². The van der Waals surface area contributed by atoms with Gasteiger partial charge in [-0.1, -0.05) is 6.58 Å². The maximum atomic E-state index is 9.25. The lowest BCUT2D eigenvalue weighted by Crippen LogP contribution is -1.88. The van der Waals surface area contributed by atoms with Crippen LogP contribution in [0.5, 0.6) is 0 Å². The fraction of sp³-hybridized carbons (Fsp3) is 0.387. The molecule has 1 N–H and O–H groups in total. The van der Waals surface area contributed by atoms with E-state index in [9.17, 15) is 4.79 Å². The van der Waals surface area contributed by atoms with E-state index in [1.165, 1.54) is 0 Å². The van der Waals surface area contributed by atoms with Gasteiger partial charge in [-0.15, -0.1) is 0 Å². The van der Waals surface area contributed by atoms with Crippen molar-refractivity contribution in [1.82, 2.24) is 0 Å². The van der Waals surface area contributed by atoms with Crippen LogP contribution in [0.25, 0.3) is 0 Å². The molecule has 0 aliphatic heterocycles. The second-order valence-corrected chi connectivity index (χ2v) is 7.41. The lowest BCUT2D eigenvalue weighted by molar-refractivity contribution is -0.131. The van der Waals surface area contributed by atoms with Crippen LogP contribution in [0.4, 0.5) is 0 Å². The van der Waals surface area contributed by atoms with E-state index >= 15 is 0 Å². The Morgan fingerprint density at radius 2 is 0.829 bits per heavy atom. The summed E-state index contributed by atoms with van der Waals surface area (Å²) in [6.45, 7) is 16.1. The molecule has 10 nitrogen and oxygen atoms in total. The third-order valence-electron chi connectivity index (χ3n) is 4.29. The van der Waals surface area contributed by atoms with Gasteiger partial charge in [0.25, 0.3) is 0 Å². The minimum atomic E-state index is -0.981. The SMILES string of the molecule is C=CC(=O)O.CCOCc1ccco1.CCOCc1ccco1.CCOCc1ccco1.CCOCc1ccco1. The molecular weight excluding hydrogens is 532 g/mol. The number of carbonyl (C=O) groups is 1. The average molecular weight is 577 g/mol. The fourth-order valence-electron chi connectivity index (χ4n) is 2.39. The van der Waals surface area contributed by atoms with E-state index in [0.717, 1.165) is 55.5 Å². The lowest BCUT2D eigenvalue weighted by atomic mass is 10.5. The highest BCUT2D eigenvalue weighted by molar-refractivity contribution is 5.78.